The first-order chi connectivity index (χ1) is 9.45. The summed E-state index contributed by atoms with van der Waals surface area (Å²) in [5.41, 5.74) is 0. The van der Waals surface area contributed by atoms with Gasteiger partial charge in [0.05, 0.1) is 12.0 Å². The van der Waals surface area contributed by atoms with Gasteiger partial charge in [0.1, 0.15) is 0 Å². The molecule has 0 aliphatic carbocycles. The molecule has 0 aromatic carbocycles. The lowest BCUT2D eigenvalue weighted by molar-refractivity contribution is -0.141. The maximum Gasteiger partial charge on any atom is 0.317 e. The first-order valence-electron chi connectivity index (χ1n) is 7.35. The van der Waals surface area contributed by atoms with Crippen LogP contribution in [0.5, 0.6) is 0 Å². The third kappa shape index (κ3) is 5.00. The van der Waals surface area contributed by atoms with Gasteiger partial charge in [-0.1, -0.05) is 6.92 Å². The van der Waals surface area contributed by atoms with Gasteiger partial charge < -0.3 is 20.1 Å². The highest BCUT2D eigenvalue weighted by Crippen LogP contribution is 2.14. The van der Waals surface area contributed by atoms with E-state index in [1.807, 2.05) is 0 Å². The summed E-state index contributed by atoms with van der Waals surface area (Å²) in [6.45, 7) is 7.36. The standard InChI is InChI=1S/C14H26N2O4/c1-4-8-20-12-6-5-7-16(9-12)14(19)15-11(3)10(2)13(17)18/h10-12H,4-9H2,1-3H3,(H,15,19)(H,17,18). The second-order valence-electron chi connectivity index (χ2n) is 5.45. The van der Waals surface area contributed by atoms with E-state index in [1.165, 1.54) is 0 Å². The van der Waals surface area contributed by atoms with Gasteiger partial charge in [0, 0.05) is 25.7 Å². The zero-order valence-corrected chi connectivity index (χ0v) is 12.6. The van der Waals surface area contributed by atoms with Gasteiger partial charge in [0.15, 0.2) is 0 Å². The molecular weight excluding hydrogens is 260 g/mol. The summed E-state index contributed by atoms with van der Waals surface area (Å²) in [5, 5.41) is 11.7. The van der Waals surface area contributed by atoms with Crippen molar-refractivity contribution in [2.24, 2.45) is 5.92 Å². The highest BCUT2D eigenvalue weighted by molar-refractivity contribution is 5.76. The number of hydrogen-bond acceptors (Lipinski definition) is 3. The number of carboxylic acid groups (broad SMARTS) is 1. The number of likely N-dealkylation sites (tertiary alicyclic amines) is 1. The Labute approximate surface area is 120 Å². The van der Waals surface area contributed by atoms with E-state index >= 15 is 0 Å². The lowest BCUT2D eigenvalue weighted by Crippen LogP contribution is -2.51. The number of amides is 2. The number of nitrogens with zero attached hydrogens (tertiary/aromatic N) is 1. The predicted molar refractivity (Wildman–Crippen MR) is 75.6 cm³/mol. The van der Waals surface area contributed by atoms with Gasteiger partial charge in [-0.3, -0.25) is 4.79 Å². The monoisotopic (exact) mass is 286 g/mol. The largest absolute Gasteiger partial charge is 0.481 e. The zero-order valence-electron chi connectivity index (χ0n) is 12.6. The summed E-state index contributed by atoms with van der Waals surface area (Å²) in [5.74, 6) is -1.50. The quantitative estimate of drug-likeness (QED) is 0.779. The molecule has 1 aliphatic heterocycles. The van der Waals surface area contributed by atoms with Crippen molar-refractivity contribution >= 4 is 12.0 Å². The van der Waals surface area contributed by atoms with Crippen molar-refractivity contribution in [3.8, 4) is 0 Å². The van der Waals surface area contributed by atoms with Crippen molar-refractivity contribution in [1.82, 2.24) is 10.2 Å². The molecule has 0 saturated carbocycles. The number of aliphatic carboxylic acids is 1. The molecule has 0 radical (unpaired) electrons. The minimum atomic E-state index is -0.902. The smallest absolute Gasteiger partial charge is 0.317 e. The Morgan fingerprint density at radius 1 is 1.45 bits per heavy atom. The highest BCUT2D eigenvalue weighted by Gasteiger charge is 2.27. The van der Waals surface area contributed by atoms with E-state index in [0.717, 1.165) is 19.3 Å². The van der Waals surface area contributed by atoms with Crippen LogP contribution in [0, 0.1) is 5.92 Å². The van der Waals surface area contributed by atoms with Gasteiger partial charge in [0.2, 0.25) is 0 Å². The van der Waals surface area contributed by atoms with Crippen LogP contribution in [-0.4, -0.2) is 53.8 Å². The molecule has 3 unspecified atom stereocenters. The molecule has 0 aromatic heterocycles. The number of urea groups is 1. The topological polar surface area (TPSA) is 78.9 Å². The van der Waals surface area contributed by atoms with Crippen LogP contribution >= 0.6 is 0 Å². The Morgan fingerprint density at radius 3 is 2.75 bits per heavy atom. The summed E-state index contributed by atoms with van der Waals surface area (Å²) in [6.07, 6.45) is 2.97. The normalized spacial score (nSPS) is 22.1. The molecule has 6 heteroatoms. The molecule has 0 spiro atoms. The van der Waals surface area contributed by atoms with Crippen LogP contribution in [0.3, 0.4) is 0 Å². The number of carbonyl (C=O) groups is 2. The molecule has 3 atom stereocenters. The van der Waals surface area contributed by atoms with Gasteiger partial charge >= 0.3 is 12.0 Å². The molecule has 2 N–H and O–H groups in total. The van der Waals surface area contributed by atoms with Crippen molar-refractivity contribution in [2.45, 2.75) is 52.2 Å². The minimum absolute atomic E-state index is 0.0988. The fourth-order valence-corrected chi connectivity index (χ4v) is 2.17. The number of rotatable bonds is 6. The van der Waals surface area contributed by atoms with E-state index < -0.39 is 17.9 Å². The van der Waals surface area contributed by atoms with Crippen LogP contribution in [0.15, 0.2) is 0 Å². The van der Waals surface area contributed by atoms with Gasteiger partial charge in [-0.15, -0.1) is 0 Å². The Morgan fingerprint density at radius 2 is 2.15 bits per heavy atom. The Hall–Kier alpha value is -1.30. The van der Waals surface area contributed by atoms with Crippen molar-refractivity contribution in [2.75, 3.05) is 19.7 Å². The fourth-order valence-electron chi connectivity index (χ4n) is 2.17. The average Bonchev–Trinajstić information content (AvgIpc) is 2.44. The van der Waals surface area contributed by atoms with Crippen molar-refractivity contribution in [1.29, 1.82) is 0 Å². The van der Waals surface area contributed by atoms with E-state index in [0.29, 0.717) is 19.7 Å². The molecule has 2 amide bonds. The van der Waals surface area contributed by atoms with Gasteiger partial charge in [0.25, 0.3) is 0 Å². The third-order valence-corrected chi connectivity index (χ3v) is 3.71. The third-order valence-electron chi connectivity index (χ3n) is 3.71. The summed E-state index contributed by atoms with van der Waals surface area (Å²) >= 11 is 0. The first-order valence-corrected chi connectivity index (χ1v) is 7.35. The maximum atomic E-state index is 12.1. The lowest BCUT2D eigenvalue weighted by Gasteiger charge is -2.33. The molecule has 1 rings (SSSR count). The number of ether oxygens (including phenoxy) is 1. The van der Waals surface area contributed by atoms with E-state index in [-0.39, 0.29) is 12.1 Å². The fraction of sp³-hybridized carbons (Fsp3) is 0.857. The van der Waals surface area contributed by atoms with E-state index in [4.69, 9.17) is 9.84 Å². The second-order valence-corrected chi connectivity index (χ2v) is 5.45. The molecule has 1 aliphatic rings. The molecule has 0 bridgehead atoms. The number of piperidine rings is 1. The van der Waals surface area contributed by atoms with E-state index in [2.05, 4.69) is 12.2 Å². The highest BCUT2D eigenvalue weighted by atomic mass is 16.5. The van der Waals surface area contributed by atoms with Gasteiger partial charge in [-0.25, -0.2) is 4.79 Å². The van der Waals surface area contributed by atoms with Crippen LogP contribution in [0.25, 0.3) is 0 Å². The van der Waals surface area contributed by atoms with Crippen molar-refractivity contribution in [3.05, 3.63) is 0 Å². The predicted octanol–water partition coefficient (Wildman–Crippen LogP) is 1.70. The Kier molecular flexibility index (Phi) is 6.78. The Balaban J connectivity index is 2.44. The number of hydrogen-bond donors (Lipinski definition) is 2. The Bertz CT molecular complexity index is 335. The SMILES string of the molecule is CCCOC1CCCN(C(=O)NC(C)C(C)C(=O)O)C1. The van der Waals surface area contributed by atoms with Crippen LogP contribution in [-0.2, 0) is 9.53 Å². The first kappa shape index (κ1) is 16.8. The van der Waals surface area contributed by atoms with Gasteiger partial charge in [-0.2, -0.15) is 0 Å². The van der Waals surface area contributed by atoms with E-state index in [9.17, 15) is 9.59 Å². The summed E-state index contributed by atoms with van der Waals surface area (Å²) < 4.78 is 5.69. The summed E-state index contributed by atoms with van der Waals surface area (Å²) in [7, 11) is 0. The number of carboxylic acids is 1. The van der Waals surface area contributed by atoms with Crippen molar-refractivity contribution < 1.29 is 19.4 Å². The maximum absolute atomic E-state index is 12.1. The van der Waals surface area contributed by atoms with Crippen LogP contribution in [0.4, 0.5) is 4.79 Å². The molecule has 116 valence electrons. The van der Waals surface area contributed by atoms with Gasteiger partial charge in [-0.05, 0) is 33.1 Å². The molecule has 0 aromatic rings. The zero-order chi connectivity index (χ0) is 15.1. The number of carbonyl (C=O) groups excluding carboxylic acids is 1. The van der Waals surface area contributed by atoms with Crippen molar-refractivity contribution in [3.63, 3.8) is 0 Å². The lowest BCUT2D eigenvalue weighted by atomic mass is 10.0. The molecule has 1 heterocycles. The summed E-state index contributed by atoms with van der Waals surface area (Å²) in [6, 6.07) is -0.590. The number of nitrogens with one attached hydrogen (secondary N) is 1. The van der Waals surface area contributed by atoms with Crippen LogP contribution < -0.4 is 5.32 Å². The second kappa shape index (κ2) is 8.09. The summed E-state index contributed by atoms with van der Waals surface area (Å²) in [4.78, 5) is 24.7. The molecule has 6 nitrogen and oxygen atoms in total. The minimum Gasteiger partial charge on any atom is -0.481 e. The van der Waals surface area contributed by atoms with Crippen LogP contribution in [0.1, 0.15) is 40.0 Å². The molecule has 1 fully saturated rings. The molecule has 1 saturated heterocycles. The van der Waals surface area contributed by atoms with Crippen LogP contribution in [0.2, 0.25) is 0 Å². The molecular formula is C14H26N2O4. The van der Waals surface area contributed by atoms with E-state index in [1.54, 1.807) is 18.7 Å². The molecule has 20 heavy (non-hydrogen) atoms. The average molecular weight is 286 g/mol.